The monoisotopic (exact) mass is 554 g/mol. The molecule has 2 atom stereocenters. The standard InChI is InChI=1S/C33H38N4O2S/c1-5-27(38)37-21(3)16-35(17-22(37)4)31-26-15-20(2)28(25-10-7-6-9-24(25)23-11-12-23)30-29(26)36(32(39)34-31)18-33(19-40-30)13-8-14-33/h5-7,9-10,15,21-23H,1,8,11-14,16-19H2,2-4H3/t21-,22+. The van der Waals surface area contributed by atoms with Crippen LogP contribution in [-0.4, -0.2) is 51.3 Å². The maximum Gasteiger partial charge on any atom is 0.350 e. The van der Waals surface area contributed by atoms with Crippen molar-refractivity contribution in [2.75, 3.05) is 23.7 Å². The lowest BCUT2D eigenvalue weighted by atomic mass is 9.70. The molecule has 1 aromatic heterocycles. The first kappa shape index (κ1) is 25.9. The zero-order valence-corrected chi connectivity index (χ0v) is 24.6. The Bertz CT molecular complexity index is 1590. The first-order valence-electron chi connectivity index (χ1n) is 14.8. The zero-order valence-electron chi connectivity index (χ0n) is 23.8. The predicted octanol–water partition coefficient (Wildman–Crippen LogP) is 6.14. The maximum absolute atomic E-state index is 13.9. The molecule has 2 aliphatic heterocycles. The number of thioether (sulfide) groups is 1. The van der Waals surface area contributed by atoms with Gasteiger partial charge in [0.05, 0.1) is 5.52 Å². The third-order valence-electron chi connectivity index (χ3n) is 9.72. The molecule has 0 N–H and O–H groups in total. The molecule has 2 aromatic carbocycles. The third-order valence-corrected chi connectivity index (χ3v) is 11.2. The molecule has 208 valence electrons. The number of hydrogen-bond donors (Lipinski definition) is 0. The van der Waals surface area contributed by atoms with Gasteiger partial charge in [0.2, 0.25) is 5.91 Å². The summed E-state index contributed by atoms with van der Waals surface area (Å²) in [6, 6.07) is 11.2. The Kier molecular flexibility index (Phi) is 6.15. The minimum Gasteiger partial charge on any atom is -0.352 e. The highest BCUT2D eigenvalue weighted by molar-refractivity contribution is 7.99. The lowest BCUT2D eigenvalue weighted by molar-refractivity contribution is -0.130. The van der Waals surface area contributed by atoms with Crippen LogP contribution in [-0.2, 0) is 11.3 Å². The fraction of sp³-hybridized carbons (Fsp3) is 0.485. The topological polar surface area (TPSA) is 58.4 Å². The van der Waals surface area contributed by atoms with Gasteiger partial charge in [-0.25, -0.2) is 4.79 Å². The summed E-state index contributed by atoms with van der Waals surface area (Å²) >= 11 is 1.96. The summed E-state index contributed by atoms with van der Waals surface area (Å²) in [7, 11) is 0. The molecule has 3 fully saturated rings. The smallest absolute Gasteiger partial charge is 0.350 e. The molecule has 0 radical (unpaired) electrons. The molecule has 3 heterocycles. The van der Waals surface area contributed by atoms with Gasteiger partial charge in [-0.1, -0.05) is 37.3 Å². The van der Waals surface area contributed by atoms with Gasteiger partial charge in [-0.2, -0.15) is 4.98 Å². The molecule has 6 nitrogen and oxygen atoms in total. The molecule has 1 spiro atoms. The van der Waals surface area contributed by atoms with E-state index in [1.807, 2.05) is 21.2 Å². The molecule has 0 bridgehead atoms. The second kappa shape index (κ2) is 9.51. The van der Waals surface area contributed by atoms with Crippen LogP contribution in [0, 0.1) is 12.3 Å². The van der Waals surface area contributed by atoms with Gasteiger partial charge in [0, 0.05) is 53.3 Å². The van der Waals surface area contributed by atoms with Crippen LogP contribution in [0.15, 0.2) is 52.7 Å². The Hall–Kier alpha value is -3.06. The fourth-order valence-corrected chi connectivity index (χ4v) is 9.08. The van der Waals surface area contributed by atoms with Crippen molar-refractivity contribution in [1.29, 1.82) is 0 Å². The van der Waals surface area contributed by atoms with E-state index >= 15 is 0 Å². The van der Waals surface area contributed by atoms with Crippen molar-refractivity contribution < 1.29 is 4.79 Å². The molecular formula is C33H38N4O2S. The van der Waals surface area contributed by atoms with Crippen LogP contribution in [0.5, 0.6) is 0 Å². The van der Waals surface area contributed by atoms with Gasteiger partial charge in [0.1, 0.15) is 5.82 Å². The fourth-order valence-electron chi connectivity index (χ4n) is 7.48. The molecule has 3 aromatic rings. The molecule has 2 aliphatic carbocycles. The second-order valence-electron chi connectivity index (χ2n) is 12.7. The van der Waals surface area contributed by atoms with Crippen molar-refractivity contribution in [3.63, 3.8) is 0 Å². The van der Waals surface area contributed by atoms with Crippen LogP contribution in [0.4, 0.5) is 5.82 Å². The van der Waals surface area contributed by atoms with Gasteiger partial charge in [0.25, 0.3) is 0 Å². The van der Waals surface area contributed by atoms with E-state index in [1.54, 1.807) is 0 Å². The molecule has 1 amide bonds. The number of amides is 1. The van der Waals surface area contributed by atoms with Crippen LogP contribution in [0.2, 0.25) is 0 Å². The second-order valence-corrected chi connectivity index (χ2v) is 13.6. The number of rotatable bonds is 4. The van der Waals surface area contributed by atoms with Gasteiger partial charge in [-0.15, -0.1) is 11.8 Å². The molecule has 0 unspecified atom stereocenters. The first-order valence-corrected chi connectivity index (χ1v) is 15.8. The van der Waals surface area contributed by atoms with Gasteiger partial charge in [0.15, 0.2) is 0 Å². The third kappa shape index (κ3) is 4.03. The van der Waals surface area contributed by atoms with E-state index in [0.29, 0.717) is 19.0 Å². The zero-order chi connectivity index (χ0) is 27.8. The Morgan fingerprint density at radius 2 is 1.88 bits per heavy atom. The summed E-state index contributed by atoms with van der Waals surface area (Å²) in [4.78, 5) is 36.7. The van der Waals surface area contributed by atoms with Crippen molar-refractivity contribution in [3.05, 3.63) is 64.6 Å². The summed E-state index contributed by atoms with van der Waals surface area (Å²) in [6.07, 6.45) is 7.49. The molecular weight excluding hydrogens is 516 g/mol. The number of hydrogen-bond acceptors (Lipinski definition) is 5. The Morgan fingerprint density at radius 3 is 2.52 bits per heavy atom. The van der Waals surface area contributed by atoms with Crippen LogP contribution >= 0.6 is 11.8 Å². The average molecular weight is 555 g/mol. The summed E-state index contributed by atoms with van der Waals surface area (Å²) in [5.74, 6) is 2.40. The highest BCUT2D eigenvalue weighted by Crippen LogP contribution is 2.53. The summed E-state index contributed by atoms with van der Waals surface area (Å²) < 4.78 is 2.01. The van der Waals surface area contributed by atoms with Crippen molar-refractivity contribution in [1.82, 2.24) is 14.5 Å². The van der Waals surface area contributed by atoms with Crippen LogP contribution < -0.4 is 10.6 Å². The molecule has 7 rings (SSSR count). The summed E-state index contributed by atoms with van der Waals surface area (Å²) in [5.41, 5.74) is 6.38. The highest BCUT2D eigenvalue weighted by atomic mass is 32.2. The number of piperazine rings is 1. The number of aromatic nitrogens is 2. The van der Waals surface area contributed by atoms with Gasteiger partial charge < -0.3 is 9.80 Å². The van der Waals surface area contributed by atoms with E-state index < -0.39 is 0 Å². The van der Waals surface area contributed by atoms with Gasteiger partial charge >= 0.3 is 5.69 Å². The number of benzene rings is 2. The van der Waals surface area contributed by atoms with Crippen molar-refractivity contribution in [2.24, 2.45) is 5.41 Å². The molecule has 1 saturated heterocycles. The van der Waals surface area contributed by atoms with Crippen LogP contribution in [0.3, 0.4) is 0 Å². The number of anilines is 1. The van der Waals surface area contributed by atoms with E-state index in [2.05, 4.69) is 62.6 Å². The summed E-state index contributed by atoms with van der Waals surface area (Å²) in [5, 5.41) is 1.06. The van der Waals surface area contributed by atoms with E-state index in [0.717, 1.165) is 29.0 Å². The number of carbonyl (C=O) groups excluding carboxylic acids is 1. The van der Waals surface area contributed by atoms with Gasteiger partial charge in [-0.3, -0.25) is 9.36 Å². The van der Waals surface area contributed by atoms with Crippen molar-refractivity contribution >= 4 is 34.4 Å². The quantitative estimate of drug-likeness (QED) is 0.363. The average Bonchev–Trinajstić information content (AvgIpc) is 3.77. The maximum atomic E-state index is 13.9. The van der Waals surface area contributed by atoms with E-state index in [1.165, 1.54) is 65.3 Å². The first-order chi connectivity index (χ1) is 19.3. The Balaban J connectivity index is 1.44. The molecule has 7 heteroatoms. The SMILES string of the molecule is C=CC(=O)N1[C@H](C)CN(c2nc(=O)n3c4c(c(-c5ccccc5C5CC5)c(C)cc24)SCC2(CCC2)C3)C[C@@H]1C. The lowest BCUT2D eigenvalue weighted by Gasteiger charge is -2.45. The predicted molar refractivity (Wildman–Crippen MR) is 163 cm³/mol. The minimum atomic E-state index is -0.146. The lowest BCUT2D eigenvalue weighted by Crippen LogP contribution is -2.58. The number of aryl methyl sites for hydroxylation is 1. The number of nitrogens with zero attached hydrogens (tertiary/aromatic N) is 4. The molecule has 40 heavy (non-hydrogen) atoms. The number of carbonyl (C=O) groups is 1. The normalized spacial score (nSPS) is 23.7. The minimum absolute atomic E-state index is 0.0119. The van der Waals surface area contributed by atoms with Crippen LogP contribution in [0.1, 0.15) is 63.0 Å². The van der Waals surface area contributed by atoms with Crippen molar-refractivity contribution in [3.8, 4) is 11.1 Å². The summed E-state index contributed by atoms with van der Waals surface area (Å²) in [6.45, 7) is 12.1. The van der Waals surface area contributed by atoms with E-state index in [9.17, 15) is 9.59 Å². The Morgan fingerprint density at radius 1 is 1.15 bits per heavy atom. The largest absolute Gasteiger partial charge is 0.352 e. The molecule has 4 aliphatic rings. The highest BCUT2D eigenvalue weighted by Gasteiger charge is 2.42. The Labute approximate surface area is 240 Å². The van der Waals surface area contributed by atoms with Crippen LogP contribution in [0.25, 0.3) is 22.0 Å². The van der Waals surface area contributed by atoms with Gasteiger partial charge in [-0.05, 0) is 86.6 Å². The molecule has 2 saturated carbocycles. The van der Waals surface area contributed by atoms with E-state index in [-0.39, 0.29) is 29.1 Å². The van der Waals surface area contributed by atoms with E-state index in [4.69, 9.17) is 4.98 Å². The van der Waals surface area contributed by atoms with Crippen molar-refractivity contribution in [2.45, 2.75) is 82.3 Å².